The van der Waals surface area contributed by atoms with Crippen LogP contribution in [0.1, 0.15) is 18.4 Å². The van der Waals surface area contributed by atoms with Gasteiger partial charge in [0.25, 0.3) is 0 Å². The van der Waals surface area contributed by atoms with Gasteiger partial charge in [-0.05, 0) is 24.1 Å². The number of nitrogens with one attached hydrogen (secondary N) is 2. The van der Waals surface area contributed by atoms with Crippen LogP contribution in [0, 0.1) is 5.82 Å². The van der Waals surface area contributed by atoms with Crippen molar-refractivity contribution in [1.82, 2.24) is 20.7 Å². The van der Waals surface area contributed by atoms with Crippen LogP contribution >= 0.6 is 0 Å². The van der Waals surface area contributed by atoms with Crippen molar-refractivity contribution in [2.45, 2.75) is 19.3 Å². The second-order valence-corrected chi connectivity index (χ2v) is 5.69. The van der Waals surface area contributed by atoms with Crippen molar-refractivity contribution in [2.24, 2.45) is 0 Å². The number of urea groups is 1. The van der Waals surface area contributed by atoms with Gasteiger partial charge < -0.3 is 4.90 Å². The predicted molar refractivity (Wildman–Crippen MR) is 85.4 cm³/mol. The number of hydrazine groups is 1. The lowest BCUT2D eigenvalue weighted by Crippen LogP contribution is -2.42. The van der Waals surface area contributed by atoms with E-state index in [-0.39, 0.29) is 37.9 Å². The van der Waals surface area contributed by atoms with Gasteiger partial charge in [0.05, 0.1) is 6.42 Å². The van der Waals surface area contributed by atoms with Crippen LogP contribution < -0.4 is 10.9 Å². The molecular formula is C16H19FN4O4. The fraction of sp³-hybridized carbons (Fsp3) is 0.375. The Balaban J connectivity index is 1.65. The lowest BCUT2D eigenvalue weighted by molar-refractivity contribution is -0.129. The molecule has 9 heteroatoms. The largest absolute Gasteiger partial charge is 0.326 e. The van der Waals surface area contributed by atoms with Crippen molar-refractivity contribution in [3.8, 4) is 0 Å². The summed E-state index contributed by atoms with van der Waals surface area (Å²) in [7, 11) is 1.53. The van der Waals surface area contributed by atoms with E-state index in [2.05, 4.69) is 10.9 Å². The standard InChI is InChI=1S/C16H19FN4O4/c1-20-10-15(24)21(16(20)25)8-2-3-13(22)18-19-14(23)9-11-4-6-12(17)7-5-11/h4-7H,2-3,8-10H2,1H3,(H,18,22)(H,19,23). The van der Waals surface area contributed by atoms with Crippen molar-refractivity contribution in [3.05, 3.63) is 35.6 Å². The Bertz CT molecular complexity index is 677. The van der Waals surface area contributed by atoms with E-state index in [1.807, 2.05) is 0 Å². The van der Waals surface area contributed by atoms with Crippen LogP contribution in [0.2, 0.25) is 0 Å². The number of rotatable bonds is 6. The van der Waals surface area contributed by atoms with E-state index < -0.39 is 17.6 Å². The molecule has 0 radical (unpaired) electrons. The molecule has 0 aromatic heterocycles. The van der Waals surface area contributed by atoms with Crippen molar-refractivity contribution in [3.63, 3.8) is 0 Å². The molecular weight excluding hydrogens is 331 g/mol. The Morgan fingerprint density at radius 2 is 1.76 bits per heavy atom. The summed E-state index contributed by atoms with van der Waals surface area (Å²) in [6.45, 7) is 0.198. The number of benzene rings is 1. The first kappa shape index (κ1) is 18.4. The quantitative estimate of drug-likeness (QED) is 0.565. The first-order valence-corrected chi connectivity index (χ1v) is 7.74. The summed E-state index contributed by atoms with van der Waals surface area (Å²) in [5.74, 6) is -1.55. The number of hydrogen-bond donors (Lipinski definition) is 2. The van der Waals surface area contributed by atoms with Crippen molar-refractivity contribution in [2.75, 3.05) is 20.1 Å². The molecule has 25 heavy (non-hydrogen) atoms. The zero-order valence-corrected chi connectivity index (χ0v) is 13.8. The number of amides is 5. The van der Waals surface area contributed by atoms with Crippen LogP contribution in [-0.2, 0) is 20.8 Å². The molecule has 1 aliphatic heterocycles. The molecule has 0 spiro atoms. The summed E-state index contributed by atoms with van der Waals surface area (Å²) in [5.41, 5.74) is 5.13. The molecule has 5 amide bonds. The first-order valence-electron chi connectivity index (χ1n) is 7.74. The lowest BCUT2D eigenvalue weighted by Gasteiger charge is -2.13. The zero-order chi connectivity index (χ0) is 18.4. The number of carbonyl (C=O) groups excluding carboxylic acids is 4. The summed E-state index contributed by atoms with van der Waals surface area (Å²) in [6.07, 6.45) is 0.353. The minimum Gasteiger partial charge on any atom is -0.318 e. The van der Waals surface area contributed by atoms with Gasteiger partial charge in [-0.25, -0.2) is 9.18 Å². The molecule has 0 saturated carbocycles. The van der Waals surface area contributed by atoms with Crippen LogP contribution in [0.4, 0.5) is 9.18 Å². The highest BCUT2D eigenvalue weighted by atomic mass is 19.1. The number of imide groups is 1. The average molecular weight is 350 g/mol. The van der Waals surface area contributed by atoms with Gasteiger partial charge in [-0.15, -0.1) is 0 Å². The summed E-state index contributed by atoms with van der Waals surface area (Å²) in [6, 6.07) is 5.09. The van der Waals surface area contributed by atoms with E-state index in [0.29, 0.717) is 12.0 Å². The fourth-order valence-corrected chi connectivity index (χ4v) is 2.32. The Labute approximate surface area is 143 Å². The van der Waals surface area contributed by atoms with Crippen LogP contribution in [0.25, 0.3) is 0 Å². The highest BCUT2D eigenvalue weighted by Gasteiger charge is 2.32. The molecule has 1 saturated heterocycles. The highest BCUT2D eigenvalue weighted by molar-refractivity contribution is 6.01. The lowest BCUT2D eigenvalue weighted by atomic mass is 10.1. The third-order valence-electron chi connectivity index (χ3n) is 3.64. The van der Waals surface area contributed by atoms with E-state index in [1.54, 1.807) is 0 Å². The second-order valence-electron chi connectivity index (χ2n) is 5.69. The zero-order valence-electron chi connectivity index (χ0n) is 13.8. The maximum Gasteiger partial charge on any atom is 0.326 e. The SMILES string of the molecule is CN1CC(=O)N(CCCC(=O)NNC(=O)Cc2ccc(F)cc2)C1=O. The molecule has 1 aliphatic rings. The minimum atomic E-state index is -0.438. The van der Waals surface area contributed by atoms with E-state index in [4.69, 9.17) is 0 Å². The van der Waals surface area contributed by atoms with Gasteiger partial charge in [0.15, 0.2) is 0 Å². The molecule has 0 bridgehead atoms. The molecule has 2 rings (SSSR count). The number of carbonyl (C=O) groups is 4. The second kappa shape index (κ2) is 8.22. The highest BCUT2D eigenvalue weighted by Crippen LogP contribution is 2.09. The molecule has 1 aromatic rings. The topological polar surface area (TPSA) is 98.8 Å². The molecule has 0 unspecified atom stereocenters. The molecule has 134 valence electrons. The predicted octanol–water partition coefficient (Wildman–Crippen LogP) is 0.190. The summed E-state index contributed by atoms with van der Waals surface area (Å²) < 4.78 is 12.8. The fourth-order valence-electron chi connectivity index (χ4n) is 2.32. The maximum atomic E-state index is 12.8. The Hall–Kier alpha value is -2.97. The van der Waals surface area contributed by atoms with Crippen molar-refractivity contribution in [1.29, 1.82) is 0 Å². The van der Waals surface area contributed by atoms with Gasteiger partial charge in [-0.3, -0.25) is 30.1 Å². The number of nitrogens with zero attached hydrogens (tertiary/aromatic N) is 2. The average Bonchev–Trinajstić information content (AvgIpc) is 2.81. The normalized spacial score (nSPS) is 14.0. The Kier molecular flexibility index (Phi) is 6.04. The van der Waals surface area contributed by atoms with Crippen molar-refractivity contribution >= 4 is 23.8 Å². The van der Waals surface area contributed by atoms with Crippen LogP contribution in [0.3, 0.4) is 0 Å². The van der Waals surface area contributed by atoms with E-state index in [0.717, 1.165) is 4.90 Å². The van der Waals surface area contributed by atoms with Gasteiger partial charge in [-0.2, -0.15) is 0 Å². The first-order chi connectivity index (χ1) is 11.9. The molecule has 8 nitrogen and oxygen atoms in total. The molecule has 1 fully saturated rings. The van der Waals surface area contributed by atoms with Crippen LogP contribution in [-0.4, -0.2) is 53.7 Å². The monoisotopic (exact) mass is 350 g/mol. The summed E-state index contributed by atoms with van der Waals surface area (Å²) in [4.78, 5) is 49.0. The molecule has 0 aliphatic carbocycles. The maximum absolute atomic E-state index is 12.8. The minimum absolute atomic E-state index is 0.00365. The number of halogens is 1. The summed E-state index contributed by atoms with van der Waals surface area (Å²) >= 11 is 0. The van der Waals surface area contributed by atoms with E-state index in [1.165, 1.54) is 36.2 Å². The molecule has 1 aromatic carbocycles. The Morgan fingerprint density at radius 1 is 1.12 bits per heavy atom. The number of hydrogen-bond acceptors (Lipinski definition) is 4. The van der Waals surface area contributed by atoms with Crippen molar-refractivity contribution < 1.29 is 23.6 Å². The third-order valence-corrected chi connectivity index (χ3v) is 3.64. The Morgan fingerprint density at radius 3 is 2.36 bits per heavy atom. The van der Waals surface area contributed by atoms with Gasteiger partial charge in [0, 0.05) is 20.0 Å². The van der Waals surface area contributed by atoms with Gasteiger partial charge >= 0.3 is 6.03 Å². The molecule has 1 heterocycles. The van der Waals surface area contributed by atoms with Gasteiger partial charge in [0.1, 0.15) is 12.4 Å². The number of likely N-dealkylation sites (N-methyl/N-ethyl adjacent to an activating group) is 1. The van der Waals surface area contributed by atoms with E-state index in [9.17, 15) is 23.6 Å². The van der Waals surface area contributed by atoms with E-state index >= 15 is 0 Å². The molecule has 0 atom stereocenters. The van der Waals surface area contributed by atoms with Crippen LogP contribution in [0.5, 0.6) is 0 Å². The molecule has 2 N–H and O–H groups in total. The van der Waals surface area contributed by atoms with Gasteiger partial charge in [-0.1, -0.05) is 12.1 Å². The van der Waals surface area contributed by atoms with Gasteiger partial charge in [0.2, 0.25) is 17.7 Å². The smallest absolute Gasteiger partial charge is 0.318 e. The van der Waals surface area contributed by atoms with Crippen LogP contribution in [0.15, 0.2) is 24.3 Å². The third kappa shape index (κ3) is 5.27. The summed E-state index contributed by atoms with van der Waals surface area (Å²) in [5, 5.41) is 0.